The topological polar surface area (TPSA) is 72.4 Å². The van der Waals surface area contributed by atoms with Crippen LogP contribution in [0.2, 0.25) is 0 Å². The lowest BCUT2D eigenvalue weighted by molar-refractivity contribution is 0.0694. The second kappa shape index (κ2) is 4.70. The van der Waals surface area contributed by atoms with Crippen LogP contribution in [-0.2, 0) is 6.54 Å². The number of aromatic carboxylic acids is 1. The zero-order chi connectivity index (χ0) is 14.1. The second-order valence-electron chi connectivity index (χ2n) is 4.39. The standard InChI is InChI=1S/C15H11NO4/c17-13-5-7-16(12-4-2-1-3-10(12)13)9-14-11(15(18)19)6-8-20-14/h1-8H,9H2,(H,18,19). The van der Waals surface area contributed by atoms with Gasteiger partial charge in [0, 0.05) is 17.6 Å². The third-order valence-corrected chi connectivity index (χ3v) is 3.17. The van der Waals surface area contributed by atoms with Gasteiger partial charge < -0.3 is 14.1 Å². The second-order valence-corrected chi connectivity index (χ2v) is 4.39. The largest absolute Gasteiger partial charge is 0.478 e. The van der Waals surface area contributed by atoms with Crippen molar-refractivity contribution < 1.29 is 14.3 Å². The first-order chi connectivity index (χ1) is 9.66. The Morgan fingerprint density at radius 3 is 2.80 bits per heavy atom. The molecule has 0 bridgehead atoms. The van der Waals surface area contributed by atoms with Gasteiger partial charge in [-0.25, -0.2) is 4.79 Å². The maximum Gasteiger partial charge on any atom is 0.339 e. The van der Waals surface area contributed by atoms with Crippen molar-refractivity contribution in [3.63, 3.8) is 0 Å². The summed E-state index contributed by atoms with van der Waals surface area (Å²) in [7, 11) is 0. The van der Waals surface area contributed by atoms with Crippen LogP contribution in [0.15, 0.2) is 58.1 Å². The SMILES string of the molecule is O=C(O)c1ccoc1Cn1ccc(=O)c2ccccc21. The van der Waals surface area contributed by atoms with Crippen LogP contribution in [0.5, 0.6) is 0 Å². The summed E-state index contributed by atoms with van der Waals surface area (Å²) in [5.41, 5.74) is 0.815. The molecule has 2 aromatic heterocycles. The van der Waals surface area contributed by atoms with Crippen molar-refractivity contribution in [2.24, 2.45) is 0 Å². The van der Waals surface area contributed by atoms with Crippen molar-refractivity contribution in [1.29, 1.82) is 0 Å². The Morgan fingerprint density at radius 1 is 1.20 bits per heavy atom. The van der Waals surface area contributed by atoms with Crippen molar-refractivity contribution >= 4 is 16.9 Å². The number of para-hydroxylation sites is 1. The van der Waals surface area contributed by atoms with Gasteiger partial charge in [-0.3, -0.25) is 4.79 Å². The quantitative estimate of drug-likeness (QED) is 0.792. The zero-order valence-corrected chi connectivity index (χ0v) is 10.4. The Kier molecular flexibility index (Phi) is 2.87. The lowest BCUT2D eigenvalue weighted by Gasteiger charge is -2.09. The van der Waals surface area contributed by atoms with E-state index in [0.29, 0.717) is 11.1 Å². The van der Waals surface area contributed by atoms with E-state index in [9.17, 15) is 9.59 Å². The molecule has 0 amide bonds. The Labute approximate surface area is 113 Å². The third kappa shape index (κ3) is 1.99. The smallest absolute Gasteiger partial charge is 0.339 e. The van der Waals surface area contributed by atoms with E-state index in [0.717, 1.165) is 5.52 Å². The molecule has 0 fully saturated rings. The Bertz CT molecular complexity index is 844. The highest BCUT2D eigenvalue weighted by Gasteiger charge is 2.14. The van der Waals surface area contributed by atoms with E-state index in [-0.39, 0.29) is 17.5 Å². The van der Waals surface area contributed by atoms with Gasteiger partial charge in [0.2, 0.25) is 0 Å². The lowest BCUT2D eigenvalue weighted by atomic mass is 10.2. The van der Waals surface area contributed by atoms with Gasteiger partial charge in [-0.15, -0.1) is 0 Å². The maximum atomic E-state index is 11.8. The number of hydrogen-bond donors (Lipinski definition) is 1. The summed E-state index contributed by atoms with van der Waals surface area (Å²) in [5.74, 6) is -0.676. The molecule has 20 heavy (non-hydrogen) atoms. The minimum atomic E-state index is -1.03. The molecule has 3 rings (SSSR count). The van der Waals surface area contributed by atoms with Gasteiger partial charge in [0.1, 0.15) is 11.3 Å². The molecule has 2 heterocycles. The molecule has 0 aliphatic rings. The average molecular weight is 269 g/mol. The van der Waals surface area contributed by atoms with E-state index < -0.39 is 5.97 Å². The number of nitrogens with zero attached hydrogens (tertiary/aromatic N) is 1. The number of carboxylic acid groups (broad SMARTS) is 1. The molecule has 1 aromatic carbocycles. The number of aromatic nitrogens is 1. The summed E-state index contributed by atoms with van der Waals surface area (Å²) in [6.45, 7) is 0.259. The van der Waals surface area contributed by atoms with Crippen LogP contribution in [0.4, 0.5) is 0 Å². The fourth-order valence-electron chi connectivity index (χ4n) is 2.21. The number of rotatable bonds is 3. The van der Waals surface area contributed by atoms with Crippen LogP contribution >= 0.6 is 0 Å². The number of fused-ring (bicyclic) bond motifs is 1. The predicted molar refractivity (Wildman–Crippen MR) is 73.0 cm³/mol. The van der Waals surface area contributed by atoms with Crippen LogP contribution in [0.3, 0.4) is 0 Å². The molecule has 0 saturated heterocycles. The van der Waals surface area contributed by atoms with E-state index in [4.69, 9.17) is 9.52 Å². The molecule has 100 valence electrons. The molecule has 1 N–H and O–H groups in total. The highest BCUT2D eigenvalue weighted by atomic mass is 16.4. The molecule has 5 nitrogen and oxygen atoms in total. The number of carbonyl (C=O) groups is 1. The zero-order valence-electron chi connectivity index (χ0n) is 10.4. The van der Waals surface area contributed by atoms with E-state index >= 15 is 0 Å². The molecule has 0 atom stereocenters. The minimum absolute atomic E-state index is 0.0604. The minimum Gasteiger partial charge on any atom is -0.478 e. The summed E-state index contributed by atoms with van der Waals surface area (Å²) in [4.78, 5) is 22.8. The molecular formula is C15H11NO4. The molecule has 0 radical (unpaired) electrons. The fourth-order valence-corrected chi connectivity index (χ4v) is 2.21. The molecular weight excluding hydrogens is 258 g/mol. The first kappa shape index (κ1) is 12.2. The van der Waals surface area contributed by atoms with Gasteiger partial charge in [0.25, 0.3) is 0 Å². The van der Waals surface area contributed by atoms with Gasteiger partial charge in [-0.2, -0.15) is 0 Å². The van der Waals surface area contributed by atoms with Crippen molar-refractivity contribution in [3.05, 3.63) is 70.4 Å². The van der Waals surface area contributed by atoms with E-state index in [1.807, 2.05) is 12.1 Å². The molecule has 0 saturated carbocycles. The molecule has 3 aromatic rings. The van der Waals surface area contributed by atoms with Crippen LogP contribution in [0, 0.1) is 0 Å². The van der Waals surface area contributed by atoms with Gasteiger partial charge in [0.05, 0.1) is 18.3 Å². The first-order valence-corrected chi connectivity index (χ1v) is 6.04. The maximum absolute atomic E-state index is 11.8. The first-order valence-electron chi connectivity index (χ1n) is 6.04. The number of benzene rings is 1. The van der Waals surface area contributed by atoms with E-state index in [2.05, 4.69) is 0 Å². The summed E-state index contributed by atoms with van der Waals surface area (Å²) in [5, 5.41) is 9.67. The molecule has 5 heteroatoms. The van der Waals surface area contributed by atoms with Crippen molar-refractivity contribution in [2.45, 2.75) is 6.54 Å². The molecule has 0 spiro atoms. The molecule has 0 aliphatic heterocycles. The van der Waals surface area contributed by atoms with Gasteiger partial charge in [-0.05, 0) is 18.2 Å². The van der Waals surface area contributed by atoms with Gasteiger partial charge in [0.15, 0.2) is 5.43 Å². The monoisotopic (exact) mass is 269 g/mol. The van der Waals surface area contributed by atoms with Crippen LogP contribution in [-0.4, -0.2) is 15.6 Å². The van der Waals surface area contributed by atoms with Crippen LogP contribution < -0.4 is 5.43 Å². The summed E-state index contributed by atoms with van der Waals surface area (Å²) in [6.07, 6.45) is 2.99. The van der Waals surface area contributed by atoms with Crippen molar-refractivity contribution in [2.75, 3.05) is 0 Å². The van der Waals surface area contributed by atoms with Crippen molar-refractivity contribution in [3.8, 4) is 0 Å². The number of hydrogen-bond acceptors (Lipinski definition) is 3. The number of pyridine rings is 1. The number of furan rings is 1. The van der Waals surface area contributed by atoms with Crippen LogP contribution in [0.1, 0.15) is 16.1 Å². The normalized spacial score (nSPS) is 10.8. The third-order valence-electron chi connectivity index (χ3n) is 3.17. The fraction of sp³-hybridized carbons (Fsp3) is 0.0667. The Balaban J connectivity index is 2.12. The molecule has 0 unspecified atom stereocenters. The highest BCUT2D eigenvalue weighted by Crippen LogP contribution is 2.16. The van der Waals surface area contributed by atoms with Gasteiger partial charge >= 0.3 is 5.97 Å². The Hall–Kier alpha value is -2.82. The lowest BCUT2D eigenvalue weighted by Crippen LogP contribution is -2.10. The van der Waals surface area contributed by atoms with E-state index in [1.54, 1.807) is 22.9 Å². The summed E-state index contributed by atoms with van der Waals surface area (Å²) < 4.78 is 7.02. The average Bonchev–Trinajstić information content (AvgIpc) is 2.91. The van der Waals surface area contributed by atoms with E-state index in [1.165, 1.54) is 18.4 Å². The highest BCUT2D eigenvalue weighted by molar-refractivity contribution is 5.88. The number of carboxylic acids is 1. The Morgan fingerprint density at radius 2 is 2.00 bits per heavy atom. The summed E-state index contributed by atoms with van der Waals surface area (Å²) in [6, 6.07) is 10.1. The summed E-state index contributed by atoms with van der Waals surface area (Å²) >= 11 is 0. The molecule has 0 aliphatic carbocycles. The van der Waals surface area contributed by atoms with Gasteiger partial charge in [-0.1, -0.05) is 12.1 Å². The predicted octanol–water partition coefficient (Wildman–Crippen LogP) is 2.34. The van der Waals surface area contributed by atoms with Crippen LogP contribution in [0.25, 0.3) is 10.9 Å². The van der Waals surface area contributed by atoms with Crippen molar-refractivity contribution in [1.82, 2.24) is 4.57 Å².